The molecule has 3 atom stereocenters. The summed E-state index contributed by atoms with van der Waals surface area (Å²) in [6.07, 6.45) is 6.11. The SMILES string of the molecule is CNC(=O)c1ccc(OC)c(NCC#Cc2cc3c(N[C@@H]4CC[C@@H]5CC[C@H]4N5C)cccn3c2SC(F)(F)F)c1. The van der Waals surface area contributed by atoms with E-state index in [0.29, 0.717) is 40.2 Å². The number of carbonyl (C=O) groups excluding carboxylic acids is 1. The number of hydrogen-bond donors (Lipinski definition) is 3. The van der Waals surface area contributed by atoms with Crippen molar-refractivity contribution in [2.45, 2.75) is 54.3 Å². The standard InChI is InChI=1S/C29H32F3N5O2S/c1-33-27(38)18-8-13-26(39-3)23(16-18)34-14-4-6-19-17-25-21(7-5-15-37(25)28(19)40-29(30,31)32)35-22-11-9-20-10-12-24(22)36(20)2/h5,7-8,13,15-17,20,22,24,34-35H,9-12,14H2,1-3H3,(H,33,38)/t20-,22-,24-/m1/s1. The highest BCUT2D eigenvalue weighted by Crippen LogP contribution is 2.41. The molecule has 3 aromatic rings. The van der Waals surface area contributed by atoms with E-state index in [1.54, 1.807) is 48.0 Å². The van der Waals surface area contributed by atoms with Gasteiger partial charge in [0.15, 0.2) is 0 Å². The van der Waals surface area contributed by atoms with E-state index in [2.05, 4.69) is 39.7 Å². The normalized spacial score (nSPS) is 20.6. The minimum atomic E-state index is -4.47. The van der Waals surface area contributed by atoms with Gasteiger partial charge in [-0.2, -0.15) is 13.2 Å². The van der Waals surface area contributed by atoms with E-state index < -0.39 is 5.51 Å². The fourth-order valence-corrected chi connectivity index (χ4v) is 6.51. The van der Waals surface area contributed by atoms with Gasteiger partial charge >= 0.3 is 5.51 Å². The van der Waals surface area contributed by atoms with Gasteiger partial charge in [-0.05, 0) is 69.1 Å². The lowest BCUT2D eigenvalue weighted by molar-refractivity contribution is -0.0329. The van der Waals surface area contributed by atoms with Crippen LogP contribution in [0.2, 0.25) is 0 Å². The fraction of sp³-hybridized carbons (Fsp3) is 0.414. The summed E-state index contributed by atoms with van der Waals surface area (Å²) >= 11 is -0.162. The quantitative estimate of drug-likeness (QED) is 0.260. The van der Waals surface area contributed by atoms with Crippen LogP contribution < -0.4 is 20.7 Å². The molecule has 1 amide bonds. The molecule has 5 rings (SSSR count). The lowest BCUT2D eigenvalue weighted by Gasteiger charge is -2.38. The van der Waals surface area contributed by atoms with Gasteiger partial charge < -0.3 is 25.1 Å². The number of likely N-dealkylation sites (N-methyl/N-ethyl adjacent to an activating group) is 1. The number of halogens is 3. The van der Waals surface area contributed by atoms with Gasteiger partial charge in [-0.3, -0.25) is 9.69 Å². The lowest BCUT2D eigenvalue weighted by atomic mass is 9.97. The minimum Gasteiger partial charge on any atom is -0.495 e. The van der Waals surface area contributed by atoms with E-state index in [4.69, 9.17) is 4.74 Å². The summed E-state index contributed by atoms with van der Waals surface area (Å²) in [5.41, 5.74) is -1.70. The summed E-state index contributed by atoms with van der Waals surface area (Å²) in [4.78, 5) is 14.4. The summed E-state index contributed by atoms with van der Waals surface area (Å²) in [5.74, 6) is 6.15. The van der Waals surface area contributed by atoms with E-state index in [9.17, 15) is 18.0 Å². The Hall–Kier alpha value is -3.49. The lowest BCUT2D eigenvalue weighted by Crippen LogP contribution is -2.48. The predicted molar refractivity (Wildman–Crippen MR) is 152 cm³/mol. The second-order valence-corrected chi connectivity index (χ2v) is 11.1. The second kappa shape index (κ2) is 11.6. The molecule has 0 saturated carbocycles. The van der Waals surface area contributed by atoms with Gasteiger partial charge in [-0.1, -0.05) is 11.8 Å². The summed E-state index contributed by atoms with van der Waals surface area (Å²) in [6, 6.07) is 11.7. The average molecular weight is 572 g/mol. The van der Waals surface area contributed by atoms with Crippen LogP contribution in [0.25, 0.3) is 5.52 Å². The number of hydrogen-bond acceptors (Lipinski definition) is 6. The Bertz CT molecular complexity index is 1460. The number of amides is 1. The van der Waals surface area contributed by atoms with Crippen molar-refractivity contribution in [1.29, 1.82) is 0 Å². The smallest absolute Gasteiger partial charge is 0.447 e. The first kappa shape index (κ1) is 28.1. The monoisotopic (exact) mass is 571 g/mol. The highest BCUT2D eigenvalue weighted by molar-refractivity contribution is 8.00. The number of nitrogens with one attached hydrogen (secondary N) is 3. The Morgan fingerprint density at radius 1 is 1.15 bits per heavy atom. The maximum absolute atomic E-state index is 13.6. The van der Waals surface area contributed by atoms with Crippen LogP contribution in [0.4, 0.5) is 24.5 Å². The number of anilines is 2. The summed E-state index contributed by atoms with van der Waals surface area (Å²) in [6.45, 7) is 0.137. The van der Waals surface area contributed by atoms with Gasteiger partial charge in [0.05, 0.1) is 36.1 Å². The first-order valence-electron chi connectivity index (χ1n) is 13.2. The number of thioether (sulfide) groups is 1. The van der Waals surface area contributed by atoms with Crippen LogP contribution in [0.15, 0.2) is 47.6 Å². The molecular formula is C29H32F3N5O2S. The van der Waals surface area contributed by atoms with Crippen LogP contribution in [0.3, 0.4) is 0 Å². The second-order valence-electron chi connectivity index (χ2n) is 10.0. The topological polar surface area (TPSA) is 70.0 Å². The number of aromatic nitrogens is 1. The predicted octanol–water partition coefficient (Wildman–Crippen LogP) is 5.42. The maximum Gasteiger partial charge on any atom is 0.447 e. The van der Waals surface area contributed by atoms with Crippen molar-refractivity contribution in [3.05, 3.63) is 53.7 Å². The van der Waals surface area contributed by atoms with Crippen molar-refractivity contribution in [2.24, 2.45) is 0 Å². The average Bonchev–Trinajstić information content (AvgIpc) is 3.38. The minimum absolute atomic E-state index is 0.0273. The van der Waals surface area contributed by atoms with E-state index in [1.165, 1.54) is 13.5 Å². The van der Waals surface area contributed by atoms with Crippen molar-refractivity contribution in [1.82, 2.24) is 14.6 Å². The molecule has 0 unspecified atom stereocenters. The van der Waals surface area contributed by atoms with Crippen LogP contribution in [0.1, 0.15) is 41.6 Å². The van der Waals surface area contributed by atoms with Gasteiger partial charge in [0.2, 0.25) is 0 Å². The third kappa shape index (κ3) is 5.83. The maximum atomic E-state index is 13.6. The third-order valence-electron chi connectivity index (χ3n) is 7.77. The number of ether oxygens (including phenoxy) is 1. The highest BCUT2D eigenvalue weighted by atomic mass is 32.2. The zero-order chi connectivity index (χ0) is 28.4. The largest absolute Gasteiger partial charge is 0.495 e. The molecule has 212 valence electrons. The number of methoxy groups -OCH3 is 1. The van der Waals surface area contributed by atoms with Gasteiger partial charge in [-0.15, -0.1) is 0 Å². The van der Waals surface area contributed by atoms with E-state index >= 15 is 0 Å². The van der Waals surface area contributed by atoms with Crippen LogP contribution in [-0.4, -0.2) is 66.6 Å². The van der Waals surface area contributed by atoms with Crippen LogP contribution >= 0.6 is 11.8 Å². The molecule has 40 heavy (non-hydrogen) atoms. The fourth-order valence-electron chi connectivity index (χ4n) is 5.82. The molecule has 1 aromatic carbocycles. The van der Waals surface area contributed by atoms with Crippen molar-refractivity contribution >= 4 is 34.6 Å². The Morgan fingerprint density at radius 2 is 1.95 bits per heavy atom. The number of fused-ring (bicyclic) bond motifs is 3. The van der Waals surface area contributed by atoms with Crippen molar-refractivity contribution in [3.63, 3.8) is 0 Å². The van der Waals surface area contributed by atoms with Gasteiger partial charge in [0.1, 0.15) is 10.8 Å². The summed E-state index contributed by atoms with van der Waals surface area (Å²) in [5, 5.41) is 9.35. The Morgan fingerprint density at radius 3 is 2.70 bits per heavy atom. The van der Waals surface area contributed by atoms with Gasteiger partial charge in [0, 0.05) is 48.7 Å². The summed E-state index contributed by atoms with van der Waals surface area (Å²) < 4.78 is 47.7. The summed E-state index contributed by atoms with van der Waals surface area (Å²) in [7, 11) is 5.22. The molecule has 2 aromatic heterocycles. The molecule has 2 bridgehead atoms. The van der Waals surface area contributed by atoms with E-state index in [-0.39, 0.29) is 35.3 Å². The van der Waals surface area contributed by atoms with Crippen molar-refractivity contribution in [3.8, 4) is 17.6 Å². The van der Waals surface area contributed by atoms with E-state index in [0.717, 1.165) is 24.9 Å². The Labute approximate surface area is 235 Å². The van der Waals surface area contributed by atoms with Gasteiger partial charge in [-0.25, -0.2) is 0 Å². The molecule has 7 nitrogen and oxygen atoms in total. The number of benzene rings is 1. The molecular weight excluding hydrogens is 539 g/mol. The zero-order valence-electron chi connectivity index (χ0n) is 22.6. The van der Waals surface area contributed by atoms with Crippen LogP contribution in [0, 0.1) is 11.8 Å². The molecule has 0 aliphatic carbocycles. The molecule has 4 heterocycles. The number of carbonyl (C=O) groups is 1. The van der Waals surface area contributed by atoms with Crippen molar-refractivity contribution < 1.29 is 22.7 Å². The molecule has 2 fully saturated rings. The van der Waals surface area contributed by atoms with E-state index in [1.807, 2.05) is 6.07 Å². The molecule has 2 saturated heterocycles. The number of piperidine rings is 1. The molecule has 2 aliphatic rings. The van der Waals surface area contributed by atoms with Gasteiger partial charge in [0.25, 0.3) is 5.91 Å². The molecule has 2 aliphatic heterocycles. The zero-order valence-corrected chi connectivity index (χ0v) is 23.4. The Kier molecular flexibility index (Phi) is 8.10. The number of rotatable bonds is 7. The number of pyridine rings is 1. The Balaban J connectivity index is 1.41. The third-order valence-corrected chi connectivity index (χ3v) is 8.61. The van der Waals surface area contributed by atoms with Crippen LogP contribution in [0.5, 0.6) is 5.75 Å². The molecule has 0 spiro atoms. The first-order valence-corrected chi connectivity index (χ1v) is 14.0. The van der Waals surface area contributed by atoms with Crippen LogP contribution in [-0.2, 0) is 0 Å². The molecule has 0 radical (unpaired) electrons. The molecule has 3 N–H and O–H groups in total. The highest BCUT2D eigenvalue weighted by Gasteiger charge is 2.40. The molecule has 11 heteroatoms. The van der Waals surface area contributed by atoms with Crippen molar-refractivity contribution in [2.75, 3.05) is 38.4 Å². The first-order chi connectivity index (χ1) is 19.2. The number of alkyl halides is 3. The number of nitrogens with zero attached hydrogens (tertiary/aromatic N) is 2.